The van der Waals surface area contributed by atoms with Crippen LogP contribution in [0.15, 0.2) is 24.3 Å². The Bertz CT molecular complexity index is 471. The number of rotatable bonds is 7. The molecule has 102 valence electrons. The molecular formula is C13H19FO3S. The Morgan fingerprint density at radius 2 is 2.00 bits per heavy atom. The Hall–Kier alpha value is -0.940. The molecule has 0 bridgehead atoms. The highest BCUT2D eigenvalue weighted by Gasteiger charge is 2.12. The average molecular weight is 274 g/mol. The molecule has 1 N–H and O–H groups in total. The summed E-state index contributed by atoms with van der Waals surface area (Å²) in [6.07, 6.45) is 0.298. The van der Waals surface area contributed by atoms with E-state index in [1.165, 1.54) is 6.07 Å². The van der Waals surface area contributed by atoms with Crippen molar-refractivity contribution in [3.05, 3.63) is 35.6 Å². The van der Waals surface area contributed by atoms with Gasteiger partial charge in [0, 0.05) is 12.2 Å². The van der Waals surface area contributed by atoms with Crippen LogP contribution in [0.3, 0.4) is 0 Å². The highest BCUT2D eigenvalue weighted by Crippen LogP contribution is 2.12. The van der Waals surface area contributed by atoms with E-state index >= 15 is 0 Å². The zero-order valence-electron chi connectivity index (χ0n) is 10.5. The van der Waals surface area contributed by atoms with Crippen molar-refractivity contribution < 1.29 is 17.9 Å². The van der Waals surface area contributed by atoms with Crippen LogP contribution < -0.4 is 0 Å². The highest BCUT2D eigenvalue weighted by molar-refractivity contribution is 7.91. The van der Waals surface area contributed by atoms with Crippen molar-refractivity contribution >= 4 is 9.84 Å². The molecule has 1 atom stereocenters. The Balaban J connectivity index is 2.39. The van der Waals surface area contributed by atoms with Crippen molar-refractivity contribution in [1.29, 1.82) is 0 Å². The topological polar surface area (TPSA) is 54.4 Å². The first-order valence-corrected chi connectivity index (χ1v) is 7.88. The standard InChI is InChI=1S/C13H19FO3S/c1-2-18(16,17)9-5-7-12(15)10-11-6-3-4-8-13(11)14/h3-4,6,8,12,15H,2,5,7,9-10H2,1H3. The van der Waals surface area contributed by atoms with Gasteiger partial charge in [-0.2, -0.15) is 0 Å². The first kappa shape index (κ1) is 15.1. The van der Waals surface area contributed by atoms with Gasteiger partial charge in [0.2, 0.25) is 0 Å². The minimum atomic E-state index is -2.98. The van der Waals surface area contributed by atoms with Gasteiger partial charge in [-0.05, 0) is 24.5 Å². The summed E-state index contributed by atoms with van der Waals surface area (Å²) in [6.45, 7) is 1.60. The van der Waals surface area contributed by atoms with Crippen molar-refractivity contribution in [3.8, 4) is 0 Å². The maximum absolute atomic E-state index is 13.3. The van der Waals surface area contributed by atoms with Crippen molar-refractivity contribution in [2.45, 2.75) is 32.3 Å². The van der Waals surface area contributed by atoms with Gasteiger partial charge in [-0.1, -0.05) is 25.1 Å². The Labute approximate surface area is 108 Å². The number of halogens is 1. The third-order valence-corrected chi connectivity index (χ3v) is 4.64. The smallest absolute Gasteiger partial charge is 0.150 e. The van der Waals surface area contributed by atoms with Crippen LogP contribution in [0.1, 0.15) is 25.3 Å². The minimum Gasteiger partial charge on any atom is -0.393 e. The first-order valence-electron chi connectivity index (χ1n) is 6.06. The van der Waals surface area contributed by atoms with Gasteiger partial charge in [0.1, 0.15) is 15.7 Å². The van der Waals surface area contributed by atoms with Gasteiger partial charge in [0.15, 0.2) is 0 Å². The third kappa shape index (κ3) is 5.14. The number of hydrogen-bond acceptors (Lipinski definition) is 3. The Morgan fingerprint density at radius 3 is 2.61 bits per heavy atom. The van der Waals surface area contributed by atoms with E-state index in [0.29, 0.717) is 18.4 Å². The van der Waals surface area contributed by atoms with E-state index in [0.717, 1.165) is 0 Å². The summed E-state index contributed by atoms with van der Waals surface area (Å²) in [5.74, 6) is -0.133. The largest absolute Gasteiger partial charge is 0.393 e. The van der Waals surface area contributed by atoms with E-state index in [1.54, 1.807) is 25.1 Å². The van der Waals surface area contributed by atoms with Crippen LogP contribution in [0, 0.1) is 5.82 Å². The molecule has 0 aromatic heterocycles. The molecule has 0 amide bonds. The van der Waals surface area contributed by atoms with E-state index in [-0.39, 0.29) is 23.7 Å². The van der Waals surface area contributed by atoms with Gasteiger partial charge < -0.3 is 5.11 Å². The maximum Gasteiger partial charge on any atom is 0.150 e. The van der Waals surface area contributed by atoms with Crippen LogP contribution in [0.2, 0.25) is 0 Å². The lowest BCUT2D eigenvalue weighted by Gasteiger charge is -2.11. The fourth-order valence-corrected chi connectivity index (χ4v) is 2.60. The average Bonchev–Trinajstić information content (AvgIpc) is 2.32. The summed E-state index contributed by atoms with van der Waals surface area (Å²) in [4.78, 5) is 0. The molecule has 1 aromatic rings. The van der Waals surface area contributed by atoms with Crippen LogP contribution in [-0.4, -0.2) is 31.1 Å². The van der Waals surface area contributed by atoms with Crippen molar-refractivity contribution in [2.24, 2.45) is 0 Å². The molecule has 0 saturated carbocycles. The van der Waals surface area contributed by atoms with Crippen LogP contribution in [0.5, 0.6) is 0 Å². The molecule has 0 aliphatic heterocycles. The van der Waals surface area contributed by atoms with Crippen LogP contribution in [0.4, 0.5) is 4.39 Å². The molecule has 0 heterocycles. The number of hydrogen-bond donors (Lipinski definition) is 1. The van der Waals surface area contributed by atoms with Gasteiger partial charge in [0.05, 0.1) is 11.9 Å². The van der Waals surface area contributed by atoms with Crippen molar-refractivity contribution in [2.75, 3.05) is 11.5 Å². The third-order valence-electron chi connectivity index (χ3n) is 2.85. The van der Waals surface area contributed by atoms with Crippen molar-refractivity contribution in [1.82, 2.24) is 0 Å². The maximum atomic E-state index is 13.3. The summed E-state index contributed by atoms with van der Waals surface area (Å²) >= 11 is 0. The van der Waals surface area contributed by atoms with E-state index < -0.39 is 15.9 Å². The summed E-state index contributed by atoms with van der Waals surface area (Å²) in [5, 5.41) is 9.74. The van der Waals surface area contributed by atoms with Crippen LogP contribution in [0.25, 0.3) is 0 Å². The van der Waals surface area contributed by atoms with E-state index in [4.69, 9.17) is 0 Å². The number of benzene rings is 1. The minimum absolute atomic E-state index is 0.0812. The van der Waals surface area contributed by atoms with Crippen LogP contribution >= 0.6 is 0 Å². The number of aliphatic hydroxyl groups excluding tert-OH is 1. The molecule has 3 nitrogen and oxygen atoms in total. The van der Waals surface area contributed by atoms with Gasteiger partial charge >= 0.3 is 0 Å². The van der Waals surface area contributed by atoms with E-state index in [9.17, 15) is 17.9 Å². The molecule has 1 unspecified atom stereocenters. The van der Waals surface area contributed by atoms with Gasteiger partial charge in [-0.15, -0.1) is 0 Å². The van der Waals surface area contributed by atoms with Crippen molar-refractivity contribution in [3.63, 3.8) is 0 Å². The lowest BCUT2D eigenvalue weighted by molar-refractivity contribution is 0.163. The highest BCUT2D eigenvalue weighted by atomic mass is 32.2. The Kier molecular flexibility index (Phi) is 5.75. The zero-order valence-corrected chi connectivity index (χ0v) is 11.3. The molecule has 5 heteroatoms. The predicted octanol–water partition coefficient (Wildman–Crippen LogP) is 1.94. The molecule has 0 spiro atoms. The Morgan fingerprint density at radius 1 is 1.33 bits per heavy atom. The van der Waals surface area contributed by atoms with E-state index in [1.807, 2.05) is 0 Å². The second-order valence-electron chi connectivity index (χ2n) is 4.33. The number of aliphatic hydroxyl groups is 1. The molecule has 0 radical (unpaired) electrons. The number of sulfone groups is 1. The second kappa shape index (κ2) is 6.85. The monoisotopic (exact) mass is 274 g/mol. The molecule has 18 heavy (non-hydrogen) atoms. The van der Waals surface area contributed by atoms with Gasteiger partial charge in [-0.3, -0.25) is 0 Å². The van der Waals surface area contributed by atoms with Crippen LogP contribution in [-0.2, 0) is 16.3 Å². The summed E-state index contributed by atoms with van der Waals surface area (Å²) < 4.78 is 35.8. The predicted molar refractivity (Wildman–Crippen MR) is 69.7 cm³/mol. The summed E-state index contributed by atoms with van der Waals surface area (Å²) in [6, 6.07) is 6.29. The normalized spacial score (nSPS) is 13.5. The fraction of sp³-hybridized carbons (Fsp3) is 0.538. The molecule has 0 aliphatic rings. The zero-order chi connectivity index (χ0) is 13.6. The fourth-order valence-electron chi connectivity index (χ4n) is 1.70. The first-order chi connectivity index (χ1) is 8.44. The SMILES string of the molecule is CCS(=O)(=O)CCCC(O)Cc1ccccc1F. The van der Waals surface area contributed by atoms with Gasteiger partial charge in [-0.25, -0.2) is 12.8 Å². The van der Waals surface area contributed by atoms with E-state index in [2.05, 4.69) is 0 Å². The lowest BCUT2D eigenvalue weighted by atomic mass is 10.0. The molecule has 0 saturated heterocycles. The molecule has 1 rings (SSSR count). The quantitative estimate of drug-likeness (QED) is 0.826. The summed E-state index contributed by atoms with van der Waals surface area (Å²) in [7, 11) is -2.98. The molecule has 0 fully saturated rings. The van der Waals surface area contributed by atoms with Gasteiger partial charge in [0.25, 0.3) is 0 Å². The lowest BCUT2D eigenvalue weighted by Crippen LogP contribution is -2.15. The summed E-state index contributed by atoms with van der Waals surface area (Å²) in [5.41, 5.74) is 0.461. The molecule has 0 aliphatic carbocycles. The molecule has 1 aromatic carbocycles. The molecular weight excluding hydrogens is 255 g/mol. The second-order valence-corrected chi connectivity index (χ2v) is 6.80.